The molecule has 0 atom stereocenters. The number of benzene rings is 1. The van der Waals surface area contributed by atoms with Gasteiger partial charge in [-0.25, -0.2) is 0 Å². The van der Waals surface area contributed by atoms with E-state index in [9.17, 15) is 4.79 Å². The Morgan fingerprint density at radius 3 is 2.75 bits per heavy atom. The van der Waals surface area contributed by atoms with E-state index in [4.69, 9.17) is 0 Å². The Morgan fingerprint density at radius 2 is 2.11 bits per heavy atom. The van der Waals surface area contributed by atoms with Gasteiger partial charge in [0.25, 0.3) is 0 Å². The van der Waals surface area contributed by atoms with Crippen molar-refractivity contribution >= 4 is 33.5 Å². The van der Waals surface area contributed by atoms with Gasteiger partial charge in [0.05, 0.1) is 12.2 Å². The number of amides is 1. The minimum absolute atomic E-state index is 0.125. The number of anilines is 1. The van der Waals surface area contributed by atoms with Crippen molar-refractivity contribution in [2.24, 2.45) is 12.0 Å². The lowest BCUT2D eigenvalue weighted by atomic mass is 10.1. The summed E-state index contributed by atoms with van der Waals surface area (Å²) in [7, 11) is 5.58. The summed E-state index contributed by atoms with van der Waals surface area (Å²) in [6.45, 7) is 7.02. The van der Waals surface area contributed by atoms with Crippen LogP contribution in [0.3, 0.4) is 0 Å². The summed E-state index contributed by atoms with van der Waals surface area (Å²) in [4.78, 5) is 18.6. The van der Waals surface area contributed by atoms with Crippen LogP contribution in [0, 0.1) is 6.92 Å². The second-order valence-electron chi connectivity index (χ2n) is 7.13. The molecule has 0 saturated carbocycles. The van der Waals surface area contributed by atoms with Crippen molar-refractivity contribution in [1.29, 1.82) is 0 Å². The van der Waals surface area contributed by atoms with Crippen molar-refractivity contribution in [3.8, 4) is 0 Å². The summed E-state index contributed by atoms with van der Waals surface area (Å²) in [5.41, 5.74) is 4.03. The zero-order chi connectivity index (χ0) is 20.8. The molecule has 0 saturated heterocycles. The number of guanidine groups is 1. The van der Waals surface area contributed by atoms with Crippen molar-refractivity contribution < 1.29 is 4.79 Å². The summed E-state index contributed by atoms with van der Waals surface area (Å²) >= 11 is 3.43. The Kier molecular flexibility index (Phi) is 7.62. The van der Waals surface area contributed by atoms with Gasteiger partial charge in [-0.1, -0.05) is 35.8 Å². The van der Waals surface area contributed by atoms with E-state index in [1.54, 1.807) is 7.05 Å². The van der Waals surface area contributed by atoms with Crippen LogP contribution in [-0.2, 0) is 18.4 Å². The molecule has 2 N–H and O–H groups in total. The molecule has 2 aromatic rings. The molecule has 0 unspecified atom stereocenters. The minimum atomic E-state index is -0.125. The smallest absolute Gasteiger partial charge is 0.243 e. The van der Waals surface area contributed by atoms with Crippen molar-refractivity contribution in [3.63, 3.8) is 0 Å². The first-order valence-electron chi connectivity index (χ1n) is 9.21. The number of aryl methyl sites for hydroxylation is 2. The monoisotopic (exact) mass is 448 g/mol. The molecule has 1 aromatic heterocycles. The molecule has 0 fully saturated rings. The van der Waals surface area contributed by atoms with Crippen molar-refractivity contribution in [2.45, 2.75) is 33.2 Å². The van der Waals surface area contributed by atoms with Crippen LogP contribution in [-0.4, -0.2) is 47.2 Å². The maximum absolute atomic E-state index is 12.3. The van der Waals surface area contributed by atoms with Crippen molar-refractivity contribution in [2.75, 3.05) is 26.0 Å². The van der Waals surface area contributed by atoms with E-state index in [0.29, 0.717) is 18.4 Å². The van der Waals surface area contributed by atoms with Gasteiger partial charge in [0.1, 0.15) is 0 Å². The number of carbonyl (C=O) groups is 1. The fourth-order valence-corrected chi connectivity index (χ4v) is 3.32. The van der Waals surface area contributed by atoms with Crippen LogP contribution in [0.1, 0.15) is 36.6 Å². The van der Waals surface area contributed by atoms with Crippen LogP contribution < -0.4 is 10.6 Å². The summed E-state index contributed by atoms with van der Waals surface area (Å²) in [6.07, 6.45) is 2.03. The Bertz CT molecular complexity index is 858. The highest BCUT2D eigenvalue weighted by atomic mass is 79.9. The van der Waals surface area contributed by atoms with Crippen molar-refractivity contribution in [1.82, 2.24) is 20.0 Å². The van der Waals surface area contributed by atoms with Gasteiger partial charge < -0.3 is 15.5 Å². The van der Waals surface area contributed by atoms with Crippen LogP contribution in [0.15, 0.2) is 33.9 Å². The number of halogens is 1. The summed E-state index contributed by atoms with van der Waals surface area (Å²) in [5, 5.41) is 10.6. The van der Waals surface area contributed by atoms with Gasteiger partial charge in [-0.3, -0.25) is 14.5 Å². The van der Waals surface area contributed by atoms with E-state index in [0.717, 1.165) is 27.0 Å². The van der Waals surface area contributed by atoms with Gasteiger partial charge in [-0.2, -0.15) is 5.10 Å². The molecule has 152 valence electrons. The summed E-state index contributed by atoms with van der Waals surface area (Å²) < 4.78 is 2.76. The van der Waals surface area contributed by atoms with E-state index in [1.807, 2.05) is 55.0 Å². The highest BCUT2D eigenvalue weighted by molar-refractivity contribution is 9.10. The van der Waals surface area contributed by atoms with Gasteiger partial charge in [0.2, 0.25) is 5.91 Å². The summed E-state index contributed by atoms with van der Waals surface area (Å²) in [6, 6.07) is 5.80. The third-order valence-corrected chi connectivity index (χ3v) is 4.84. The molecule has 7 nitrogen and oxygen atoms in total. The normalized spacial score (nSPS) is 11.6. The lowest BCUT2D eigenvalue weighted by molar-refractivity contribution is -0.115. The minimum Gasteiger partial charge on any atom is -0.347 e. The number of nitrogens with one attached hydrogen (secondary N) is 2. The lowest BCUT2D eigenvalue weighted by Gasteiger charge is -2.22. The number of aromatic nitrogens is 2. The molecule has 0 aliphatic carbocycles. The van der Waals surface area contributed by atoms with Crippen LogP contribution >= 0.6 is 15.9 Å². The topological polar surface area (TPSA) is 74.6 Å². The highest BCUT2D eigenvalue weighted by Crippen LogP contribution is 2.20. The number of nitrogens with zero attached hydrogens (tertiary/aromatic N) is 4. The van der Waals surface area contributed by atoms with Crippen LogP contribution in [0.25, 0.3) is 0 Å². The number of rotatable bonds is 6. The number of carbonyl (C=O) groups excluding carboxylic acids is 1. The van der Waals surface area contributed by atoms with Gasteiger partial charge in [0, 0.05) is 49.6 Å². The largest absolute Gasteiger partial charge is 0.347 e. The predicted molar refractivity (Wildman–Crippen MR) is 118 cm³/mol. The summed E-state index contributed by atoms with van der Waals surface area (Å²) in [5.74, 6) is 0.874. The van der Waals surface area contributed by atoms with E-state index in [2.05, 4.69) is 50.5 Å². The maximum Gasteiger partial charge on any atom is 0.243 e. The molecule has 2 rings (SSSR count). The van der Waals surface area contributed by atoms with E-state index in [1.165, 1.54) is 0 Å². The molecule has 0 aliphatic rings. The Morgan fingerprint density at radius 1 is 1.39 bits per heavy atom. The molecular weight excluding hydrogens is 420 g/mol. The Balaban J connectivity index is 1.96. The molecule has 0 aliphatic heterocycles. The molecule has 0 spiro atoms. The number of hydrogen-bond donors (Lipinski definition) is 2. The molecular formula is C20H29BrN6O. The van der Waals surface area contributed by atoms with E-state index < -0.39 is 0 Å². The fraction of sp³-hybridized carbons (Fsp3) is 0.450. The van der Waals surface area contributed by atoms with Gasteiger partial charge in [-0.15, -0.1) is 0 Å². The first kappa shape index (κ1) is 21.9. The average Bonchev–Trinajstić information content (AvgIpc) is 2.99. The molecule has 1 heterocycles. The first-order valence-corrected chi connectivity index (χ1v) is 10.0. The molecule has 28 heavy (non-hydrogen) atoms. The molecule has 1 amide bonds. The quantitative estimate of drug-likeness (QED) is 0.525. The molecule has 0 radical (unpaired) electrons. The Labute approximate surface area is 175 Å². The van der Waals surface area contributed by atoms with E-state index >= 15 is 0 Å². The molecule has 0 bridgehead atoms. The van der Waals surface area contributed by atoms with Crippen LogP contribution in [0.2, 0.25) is 0 Å². The Hall–Kier alpha value is -2.35. The van der Waals surface area contributed by atoms with Gasteiger partial charge in [0.15, 0.2) is 5.96 Å². The van der Waals surface area contributed by atoms with E-state index in [-0.39, 0.29) is 12.5 Å². The fourth-order valence-electron chi connectivity index (χ4n) is 2.96. The zero-order valence-electron chi connectivity index (χ0n) is 17.4. The zero-order valence-corrected chi connectivity index (χ0v) is 19.0. The molecule has 8 heteroatoms. The number of aliphatic imine (C=N–C) groups is 1. The van der Waals surface area contributed by atoms with Gasteiger partial charge in [-0.05, 0) is 30.5 Å². The molecule has 1 aromatic carbocycles. The van der Waals surface area contributed by atoms with Crippen LogP contribution in [0.4, 0.5) is 5.69 Å². The van der Waals surface area contributed by atoms with Gasteiger partial charge >= 0.3 is 0 Å². The second-order valence-corrected chi connectivity index (χ2v) is 8.05. The van der Waals surface area contributed by atoms with Crippen molar-refractivity contribution in [3.05, 3.63) is 45.7 Å². The highest BCUT2D eigenvalue weighted by Gasteiger charge is 2.15. The number of hydrogen-bond acceptors (Lipinski definition) is 3. The maximum atomic E-state index is 12.3. The van der Waals surface area contributed by atoms with Crippen LogP contribution in [0.5, 0.6) is 0 Å². The standard InChI is InChI=1S/C20H29BrN6O/c1-13(2)19-15(12-27(6)25-19)11-26(5)20(22-4)23-10-18(28)24-17-9-16(21)8-7-14(17)3/h7-9,12-13H,10-11H2,1-6H3,(H,22,23)(H,24,28). The lowest BCUT2D eigenvalue weighted by Crippen LogP contribution is -2.42. The average molecular weight is 449 g/mol. The first-order chi connectivity index (χ1) is 13.2. The predicted octanol–water partition coefficient (Wildman–Crippen LogP) is 3.26. The third kappa shape index (κ3) is 5.82. The SMILES string of the molecule is CN=C(NCC(=O)Nc1cc(Br)ccc1C)N(C)Cc1cn(C)nc1C(C)C. The third-order valence-electron chi connectivity index (χ3n) is 4.35. The second kappa shape index (κ2) is 9.73.